The summed E-state index contributed by atoms with van der Waals surface area (Å²) in [6.45, 7) is -2.99. The molecule has 0 aliphatic rings. The van der Waals surface area contributed by atoms with Gasteiger partial charge >= 0.3 is 6.61 Å². The lowest BCUT2D eigenvalue weighted by Gasteiger charge is -2.10. The highest BCUT2D eigenvalue weighted by Gasteiger charge is 2.14. The fourth-order valence-corrected chi connectivity index (χ4v) is 2.09. The van der Waals surface area contributed by atoms with Crippen LogP contribution < -0.4 is 9.88 Å². The molecule has 20 heavy (non-hydrogen) atoms. The number of sulfonamides is 1. The van der Waals surface area contributed by atoms with Crippen LogP contribution in [-0.4, -0.2) is 20.0 Å². The molecule has 0 saturated heterocycles. The van der Waals surface area contributed by atoms with Crippen molar-refractivity contribution in [2.75, 3.05) is 0 Å². The lowest BCUT2D eigenvalue weighted by molar-refractivity contribution is -0.0494. The number of para-hydroxylation sites is 1. The van der Waals surface area contributed by atoms with Crippen LogP contribution in [0, 0.1) is 0 Å². The lowest BCUT2D eigenvalue weighted by atomic mass is 10.1. The third kappa shape index (κ3) is 3.28. The predicted octanol–water partition coefficient (Wildman–Crippen LogP) is 2.00. The molecule has 106 valence electrons. The number of rotatable bonds is 4. The molecule has 1 aromatic heterocycles. The zero-order valence-electron chi connectivity index (χ0n) is 10.0. The van der Waals surface area contributed by atoms with E-state index in [1.807, 2.05) is 0 Å². The second-order valence-electron chi connectivity index (χ2n) is 3.78. The van der Waals surface area contributed by atoms with E-state index in [4.69, 9.17) is 5.14 Å². The van der Waals surface area contributed by atoms with Crippen LogP contribution in [-0.2, 0) is 10.0 Å². The molecule has 2 N–H and O–H groups in total. The first-order valence-electron chi connectivity index (χ1n) is 5.42. The normalized spacial score (nSPS) is 11.6. The van der Waals surface area contributed by atoms with Crippen molar-refractivity contribution in [1.29, 1.82) is 0 Å². The summed E-state index contributed by atoms with van der Waals surface area (Å²) in [4.78, 5) is 3.84. The van der Waals surface area contributed by atoms with Crippen LogP contribution in [0.4, 0.5) is 8.78 Å². The van der Waals surface area contributed by atoms with Crippen LogP contribution in [0.3, 0.4) is 0 Å². The number of hydrogen-bond acceptors (Lipinski definition) is 4. The van der Waals surface area contributed by atoms with Gasteiger partial charge in [-0.2, -0.15) is 8.78 Å². The molecule has 2 aromatic rings. The minimum atomic E-state index is -3.97. The third-order valence-corrected chi connectivity index (χ3v) is 3.20. The number of primary sulfonamides is 1. The van der Waals surface area contributed by atoms with E-state index in [1.165, 1.54) is 36.4 Å². The van der Waals surface area contributed by atoms with Gasteiger partial charge in [-0.05, 0) is 24.3 Å². The molecule has 0 atom stereocenters. The molecular formula is C12H10F2N2O3S. The van der Waals surface area contributed by atoms with Gasteiger partial charge < -0.3 is 4.74 Å². The number of ether oxygens (including phenoxy) is 1. The van der Waals surface area contributed by atoms with E-state index >= 15 is 0 Å². The quantitative estimate of drug-likeness (QED) is 0.936. The highest BCUT2D eigenvalue weighted by atomic mass is 32.2. The molecule has 2 rings (SSSR count). The summed E-state index contributed by atoms with van der Waals surface area (Å²) in [6.07, 6.45) is 0. The Balaban J connectivity index is 2.52. The number of benzene rings is 1. The number of aromatic nitrogens is 1. The summed E-state index contributed by atoms with van der Waals surface area (Å²) in [5, 5.41) is 4.64. The van der Waals surface area contributed by atoms with Crippen molar-refractivity contribution in [1.82, 2.24) is 4.98 Å². The summed E-state index contributed by atoms with van der Waals surface area (Å²) in [7, 11) is -3.97. The van der Waals surface area contributed by atoms with Crippen LogP contribution in [0.1, 0.15) is 0 Å². The molecule has 0 aliphatic heterocycles. The fraction of sp³-hybridized carbons (Fsp3) is 0.0833. The van der Waals surface area contributed by atoms with Crippen LogP contribution in [0.2, 0.25) is 0 Å². The van der Waals surface area contributed by atoms with Crippen LogP contribution in [0.5, 0.6) is 5.75 Å². The Morgan fingerprint density at radius 1 is 1.10 bits per heavy atom. The van der Waals surface area contributed by atoms with Crippen LogP contribution in [0.15, 0.2) is 47.5 Å². The Hall–Kier alpha value is -2.06. The Morgan fingerprint density at radius 2 is 1.80 bits per heavy atom. The predicted molar refractivity (Wildman–Crippen MR) is 67.7 cm³/mol. The van der Waals surface area contributed by atoms with Crippen molar-refractivity contribution in [2.45, 2.75) is 11.6 Å². The molecule has 0 radical (unpaired) electrons. The number of nitrogens with two attached hydrogens (primary N) is 1. The van der Waals surface area contributed by atoms with Gasteiger partial charge in [-0.1, -0.05) is 18.2 Å². The minimum absolute atomic E-state index is 0.0958. The molecular weight excluding hydrogens is 290 g/mol. The van der Waals surface area contributed by atoms with Crippen molar-refractivity contribution >= 4 is 10.0 Å². The Bertz CT molecular complexity index is 720. The Kier molecular flexibility index (Phi) is 3.96. The first-order valence-corrected chi connectivity index (χ1v) is 6.96. The van der Waals surface area contributed by atoms with Gasteiger partial charge in [0.2, 0.25) is 0 Å². The standard InChI is InChI=1S/C12H10F2N2O3S/c13-12(14)19-10-6-2-1-4-8(10)9-5-3-7-11(16-9)20(15,17)18/h1-7,12H,(H2,15,17,18). The highest BCUT2D eigenvalue weighted by Crippen LogP contribution is 2.29. The molecule has 0 aliphatic carbocycles. The molecule has 5 nitrogen and oxygen atoms in total. The summed E-state index contributed by atoms with van der Waals surface area (Å²) in [6, 6.07) is 10.1. The molecule has 8 heteroatoms. The van der Waals surface area contributed by atoms with Gasteiger partial charge in [-0.3, -0.25) is 0 Å². The zero-order valence-corrected chi connectivity index (χ0v) is 10.8. The van der Waals surface area contributed by atoms with E-state index in [9.17, 15) is 17.2 Å². The first kappa shape index (κ1) is 14.4. The van der Waals surface area contributed by atoms with Gasteiger partial charge in [0.15, 0.2) is 5.03 Å². The van der Waals surface area contributed by atoms with Gasteiger partial charge in [0.25, 0.3) is 10.0 Å². The first-order chi connectivity index (χ1) is 9.38. The average molecular weight is 300 g/mol. The molecule has 1 aromatic carbocycles. The summed E-state index contributed by atoms with van der Waals surface area (Å²) in [5.74, 6) is -0.0958. The highest BCUT2D eigenvalue weighted by molar-refractivity contribution is 7.89. The molecule has 0 amide bonds. The van der Waals surface area contributed by atoms with Crippen molar-refractivity contribution in [3.8, 4) is 17.0 Å². The lowest BCUT2D eigenvalue weighted by Crippen LogP contribution is -2.14. The Morgan fingerprint density at radius 3 is 2.45 bits per heavy atom. The number of pyridine rings is 1. The maximum Gasteiger partial charge on any atom is 0.387 e. The van der Waals surface area contributed by atoms with Gasteiger partial charge in [0.05, 0.1) is 5.69 Å². The van der Waals surface area contributed by atoms with E-state index in [0.29, 0.717) is 0 Å². The monoisotopic (exact) mass is 300 g/mol. The third-order valence-electron chi connectivity index (χ3n) is 2.39. The number of nitrogens with zero attached hydrogens (tertiary/aromatic N) is 1. The topological polar surface area (TPSA) is 82.3 Å². The molecule has 0 bridgehead atoms. The van der Waals surface area contributed by atoms with Crippen LogP contribution in [0.25, 0.3) is 11.3 Å². The number of halogens is 2. The van der Waals surface area contributed by atoms with Gasteiger partial charge in [-0.25, -0.2) is 18.5 Å². The van der Waals surface area contributed by atoms with E-state index in [0.717, 1.165) is 0 Å². The van der Waals surface area contributed by atoms with Crippen molar-refractivity contribution < 1.29 is 21.9 Å². The summed E-state index contributed by atoms with van der Waals surface area (Å²) in [5.41, 5.74) is 0.422. The summed E-state index contributed by atoms with van der Waals surface area (Å²) < 4.78 is 51.5. The van der Waals surface area contributed by atoms with E-state index in [1.54, 1.807) is 6.07 Å². The van der Waals surface area contributed by atoms with Crippen molar-refractivity contribution in [3.63, 3.8) is 0 Å². The maximum atomic E-state index is 12.3. The van der Waals surface area contributed by atoms with Crippen molar-refractivity contribution in [3.05, 3.63) is 42.5 Å². The second kappa shape index (κ2) is 5.51. The molecule has 0 spiro atoms. The smallest absolute Gasteiger partial charge is 0.387 e. The second-order valence-corrected chi connectivity index (χ2v) is 5.29. The SMILES string of the molecule is NS(=O)(=O)c1cccc(-c2ccccc2OC(F)F)n1. The number of hydrogen-bond donors (Lipinski definition) is 1. The van der Waals surface area contributed by atoms with Gasteiger partial charge in [0, 0.05) is 5.56 Å². The minimum Gasteiger partial charge on any atom is -0.434 e. The van der Waals surface area contributed by atoms with Gasteiger partial charge in [0.1, 0.15) is 5.75 Å². The number of alkyl halides is 2. The van der Waals surface area contributed by atoms with E-state index in [-0.39, 0.29) is 22.0 Å². The molecule has 0 saturated carbocycles. The average Bonchev–Trinajstić information content (AvgIpc) is 2.38. The molecule has 0 fully saturated rings. The fourth-order valence-electron chi connectivity index (χ4n) is 1.60. The van der Waals surface area contributed by atoms with E-state index < -0.39 is 16.6 Å². The van der Waals surface area contributed by atoms with Crippen molar-refractivity contribution in [2.24, 2.45) is 5.14 Å². The van der Waals surface area contributed by atoms with Gasteiger partial charge in [-0.15, -0.1) is 0 Å². The molecule has 0 unspecified atom stereocenters. The zero-order chi connectivity index (χ0) is 14.8. The maximum absolute atomic E-state index is 12.3. The van der Waals surface area contributed by atoms with E-state index in [2.05, 4.69) is 9.72 Å². The summed E-state index contributed by atoms with van der Waals surface area (Å²) >= 11 is 0. The molecule has 1 heterocycles. The van der Waals surface area contributed by atoms with Crippen LogP contribution >= 0.6 is 0 Å². The Labute approximate surface area is 114 Å². The largest absolute Gasteiger partial charge is 0.434 e.